The smallest absolute Gasteiger partial charge is 0.407 e. The highest BCUT2D eigenvalue weighted by Gasteiger charge is 2.63. The van der Waals surface area contributed by atoms with Gasteiger partial charge in [-0.3, -0.25) is 4.90 Å². The van der Waals surface area contributed by atoms with Gasteiger partial charge in [0.2, 0.25) is 0 Å². The number of likely N-dealkylation sites (tertiary alicyclic amines) is 1. The van der Waals surface area contributed by atoms with Crippen molar-refractivity contribution >= 4 is 12.4 Å². The molecule has 3 atom stereocenters. The van der Waals surface area contributed by atoms with E-state index < -0.39 is 11.7 Å². The van der Waals surface area contributed by atoms with E-state index in [4.69, 9.17) is 4.74 Å². The van der Waals surface area contributed by atoms with Gasteiger partial charge >= 0.3 is 6.09 Å². The molecule has 1 N–H and O–H groups in total. The predicted octanol–water partition coefficient (Wildman–Crippen LogP) is 2.60. The highest BCUT2D eigenvalue weighted by Crippen LogP contribution is 2.57. The molecule has 5 heteroatoms. The molecule has 5 nitrogen and oxygen atoms in total. The Balaban J connectivity index is 1.66. The summed E-state index contributed by atoms with van der Waals surface area (Å²) in [4.78, 5) is 25.8. The van der Waals surface area contributed by atoms with Crippen molar-refractivity contribution in [1.82, 2.24) is 10.2 Å². The number of alkyl carbamates (subject to hydrolysis) is 1. The maximum Gasteiger partial charge on any atom is 0.407 e. The minimum absolute atomic E-state index is 0.0359. The Morgan fingerprint density at radius 3 is 2.67 bits per heavy atom. The van der Waals surface area contributed by atoms with Gasteiger partial charge in [-0.1, -0.05) is 30.3 Å². The van der Waals surface area contributed by atoms with Crippen LogP contribution in [0.3, 0.4) is 0 Å². The number of carbonyl (C=O) groups excluding carboxylic acids is 2. The van der Waals surface area contributed by atoms with Gasteiger partial charge in [-0.15, -0.1) is 0 Å². The minimum atomic E-state index is -0.521. The number of aldehydes is 1. The van der Waals surface area contributed by atoms with Crippen molar-refractivity contribution in [2.45, 2.75) is 45.4 Å². The van der Waals surface area contributed by atoms with E-state index in [0.717, 1.165) is 32.3 Å². The molecule has 130 valence electrons. The summed E-state index contributed by atoms with van der Waals surface area (Å²) in [6.07, 6.45) is 1.49. The molecular weight excluding hydrogens is 304 g/mol. The monoisotopic (exact) mass is 330 g/mol. The quantitative estimate of drug-likeness (QED) is 0.862. The Morgan fingerprint density at radius 1 is 1.38 bits per heavy atom. The molecule has 1 aromatic rings. The number of benzene rings is 1. The number of carbonyl (C=O) groups is 2. The lowest BCUT2D eigenvalue weighted by molar-refractivity contribution is -0.109. The van der Waals surface area contributed by atoms with Gasteiger partial charge in [-0.25, -0.2) is 4.79 Å². The lowest BCUT2D eigenvalue weighted by Crippen LogP contribution is -2.44. The summed E-state index contributed by atoms with van der Waals surface area (Å²) in [5, 5.41) is 3.01. The first-order valence-corrected chi connectivity index (χ1v) is 8.53. The van der Waals surface area contributed by atoms with Crippen LogP contribution in [0.4, 0.5) is 4.79 Å². The first-order chi connectivity index (χ1) is 11.3. The molecule has 1 aliphatic carbocycles. The highest BCUT2D eigenvalue weighted by molar-refractivity contribution is 5.69. The largest absolute Gasteiger partial charge is 0.444 e. The van der Waals surface area contributed by atoms with Crippen LogP contribution in [0.1, 0.15) is 32.8 Å². The van der Waals surface area contributed by atoms with Crippen LogP contribution in [0.15, 0.2) is 30.3 Å². The fourth-order valence-corrected chi connectivity index (χ4v) is 3.75. The predicted molar refractivity (Wildman–Crippen MR) is 91.5 cm³/mol. The van der Waals surface area contributed by atoms with E-state index >= 15 is 0 Å². The van der Waals surface area contributed by atoms with Crippen molar-refractivity contribution in [2.24, 2.45) is 11.3 Å². The lowest BCUT2D eigenvalue weighted by atomic mass is 9.98. The zero-order valence-corrected chi connectivity index (χ0v) is 14.6. The number of nitrogens with one attached hydrogen (secondary N) is 1. The van der Waals surface area contributed by atoms with Crippen molar-refractivity contribution in [3.05, 3.63) is 35.9 Å². The lowest BCUT2D eigenvalue weighted by Gasteiger charge is -2.24. The van der Waals surface area contributed by atoms with E-state index in [9.17, 15) is 9.59 Å². The van der Waals surface area contributed by atoms with Crippen LogP contribution >= 0.6 is 0 Å². The zero-order valence-electron chi connectivity index (χ0n) is 14.6. The molecule has 1 heterocycles. The van der Waals surface area contributed by atoms with E-state index in [1.165, 1.54) is 5.56 Å². The third-order valence-corrected chi connectivity index (χ3v) is 4.94. The maximum absolute atomic E-state index is 12.2. The molecule has 2 fully saturated rings. The van der Waals surface area contributed by atoms with Gasteiger partial charge in [0.05, 0.1) is 6.04 Å². The molecule has 1 aromatic carbocycles. The molecule has 0 aromatic heterocycles. The van der Waals surface area contributed by atoms with Crippen LogP contribution in [0, 0.1) is 11.3 Å². The minimum Gasteiger partial charge on any atom is -0.444 e. The first kappa shape index (κ1) is 17.0. The second-order valence-corrected chi connectivity index (χ2v) is 8.03. The van der Waals surface area contributed by atoms with E-state index in [-0.39, 0.29) is 17.4 Å². The third-order valence-electron chi connectivity index (χ3n) is 4.94. The molecule has 0 bridgehead atoms. The maximum atomic E-state index is 12.2. The summed E-state index contributed by atoms with van der Waals surface area (Å²) in [5.41, 5.74) is 0.606. The van der Waals surface area contributed by atoms with Crippen LogP contribution in [0.2, 0.25) is 0 Å². The number of ether oxygens (including phenoxy) is 1. The van der Waals surface area contributed by atoms with E-state index in [1.54, 1.807) is 0 Å². The number of hydrogen-bond donors (Lipinski definition) is 1. The Labute approximate surface area is 143 Å². The van der Waals surface area contributed by atoms with Crippen molar-refractivity contribution in [2.75, 3.05) is 13.1 Å². The Bertz CT molecular complexity index is 611. The van der Waals surface area contributed by atoms with Crippen molar-refractivity contribution in [1.29, 1.82) is 0 Å². The molecule has 1 aliphatic heterocycles. The Morgan fingerprint density at radius 2 is 2.08 bits per heavy atom. The molecule has 0 radical (unpaired) electrons. The summed E-state index contributed by atoms with van der Waals surface area (Å²) >= 11 is 0. The van der Waals surface area contributed by atoms with E-state index in [0.29, 0.717) is 0 Å². The summed E-state index contributed by atoms with van der Waals surface area (Å²) < 4.78 is 5.39. The average molecular weight is 330 g/mol. The topological polar surface area (TPSA) is 58.6 Å². The number of hydrogen-bond acceptors (Lipinski definition) is 4. The molecule has 1 saturated heterocycles. The summed E-state index contributed by atoms with van der Waals surface area (Å²) in [6, 6.07) is 10.2. The molecule has 1 unspecified atom stereocenters. The summed E-state index contributed by atoms with van der Waals surface area (Å²) in [5.74, 6) is 0.0400. The number of nitrogens with zero attached hydrogens (tertiary/aromatic N) is 1. The first-order valence-electron chi connectivity index (χ1n) is 8.53. The molecule has 1 amide bonds. The standard InChI is InChI=1S/C19H26N2O3/c1-18(2,3)24-17(23)20-16-11-21(10-14-7-5-4-6-8-14)13-19(16)9-15(19)12-22/h4-8,12,15-16H,9-11,13H2,1-3H3,(H,20,23)/t15-,16-,19?/m0/s1. The average Bonchev–Trinajstić information content (AvgIpc) is 3.10. The van der Waals surface area contributed by atoms with E-state index in [1.807, 2.05) is 39.0 Å². The Kier molecular flexibility index (Phi) is 4.38. The fourth-order valence-electron chi connectivity index (χ4n) is 3.75. The fraction of sp³-hybridized carbons (Fsp3) is 0.579. The van der Waals surface area contributed by atoms with Gasteiger partial charge in [0, 0.05) is 31.0 Å². The van der Waals surface area contributed by atoms with Crippen molar-refractivity contribution in [3.63, 3.8) is 0 Å². The van der Waals surface area contributed by atoms with Crippen LogP contribution < -0.4 is 5.32 Å². The molecule has 2 aliphatic rings. The normalized spacial score (nSPS) is 29.5. The summed E-state index contributed by atoms with van der Waals surface area (Å²) in [6.45, 7) is 7.98. The van der Waals surface area contributed by atoms with E-state index in [2.05, 4.69) is 22.3 Å². The molecule has 1 spiro atoms. The van der Waals surface area contributed by atoms with Gasteiger partial charge in [-0.2, -0.15) is 0 Å². The SMILES string of the molecule is CC(C)(C)OC(=O)N[C@H]1CN(Cc2ccccc2)CC12C[C@H]2C=O. The van der Waals surface area contributed by atoms with Gasteiger partial charge < -0.3 is 14.8 Å². The van der Waals surface area contributed by atoms with Gasteiger partial charge in [-0.05, 0) is 32.8 Å². The summed E-state index contributed by atoms with van der Waals surface area (Å²) in [7, 11) is 0. The molecular formula is C19H26N2O3. The third kappa shape index (κ3) is 3.61. The number of rotatable bonds is 4. The zero-order chi connectivity index (χ0) is 17.4. The Hall–Kier alpha value is -1.88. The van der Waals surface area contributed by atoms with Gasteiger partial charge in [0.25, 0.3) is 0 Å². The van der Waals surface area contributed by atoms with Crippen LogP contribution in [-0.4, -0.2) is 42.0 Å². The van der Waals surface area contributed by atoms with Crippen LogP contribution in [-0.2, 0) is 16.1 Å². The van der Waals surface area contributed by atoms with Crippen molar-refractivity contribution in [3.8, 4) is 0 Å². The van der Waals surface area contributed by atoms with Crippen LogP contribution in [0.5, 0.6) is 0 Å². The second-order valence-electron chi connectivity index (χ2n) is 8.03. The van der Waals surface area contributed by atoms with Gasteiger partial charge in [0.1, 0.15) is 11.9 Å². The highest BCUT2D eigenvalue weighted by atomic mass is 16.6. The second kappa shape index (κ2) is 6.20. The molecule has 24 heavy (non-hydrogen) atoms. The molecule has 1 saturated carbocycles. The molecule has 3 rings (SSSR count). The van der Waals surface area contributed by atoms with Gasteiger partial charge in [0.15, 0.2) is 0 Å². The van der Waals surface area contributed by atoms with Crippen molar-refractivity contribution < 1.29 is 14.3 Å². The number of amides is 1. The van der Waals surface area contributed by atoms with Crippen LogP contribution in [0.25, 0.3) is 0 Å².